The van der Waals surface area contributed by atoms with Crippen molar-refractivity contribution in [1.82, 2.24) is 0 Å². The fraction of sp³-hybridized carbons (Fsp3) is 0.136. The molecule has 0 spiro atoms. The van der Waals surface area contributed by atoms with Gasteiger partial charge in [0, 0.05) is 27.3 Å². The van der Waals surface area contributed by atoms with E-state index in [1.807, 2.05) is 60.7 Å². The molecule has 4 nitrogen and oxygen atoms in total. The van der Waals surface area contributed by atoms with Crippen LogP contribution in [0.1, 0.15) is 29.5 Å². The van der Waals surface area contributed by atoms with E-state index in [0.717, 1.165) is 16.7 Å². The number of nitrogens with two attached hydrogens (primary N) is 1. The van der Waals surface area contributed by atoms with Gasteiger partial charge in [-0.15, -0.1) is 0 Å². The molecule has 0 aromatic heterocycles. The number of carboxylic acids is 1. The molecule has 0 aliphatic carbocycles. The first kappa shape index (κ1) is 20.1. The molecule has 0 aliphatic rings. The van der Waals surface area contributed by atoms with E-state index < -0.39 is 12.0 Å². The van der Waals surface area contributed by atoms with Crippen molar-refractivity contribution in [1.29, 1.82) is 0 Å². The molecule has 28 heavy (non-hydrogen) atoms. The average Bonchev–Trinajstić information content (AvgIpc) is 2.67. The highest BCUT2D eigenvalue weighted by Crippen LogP contribution is 2.38. The summed E-state index contributed by atoms with van der Waals surface area (Å²) in [6, 6.07) is 19.8. The number of carbonyl (C=O) groups is 1. The zero-order valence-corrected chi connectivity index (χ0v) is 16.7. The summed E-state index contributed by atoms with van der Waals surface area (Å²) < 4.78 is 0. The molecule has 0 aliphatic heterocycles. The number of halogens is 2. The second-order valence-electron chi connectivity index (χ2n) is 6.59. The molecular formula is C22H20Cl2N2O2. The van der Waals surface area contributed by atoms with Gasteiger partial charge >= 0.3 is 5.97 Å². The second-order valence-corrected chi connectivity index (χ2v) is 7.46. The topological polar surface area (TPSA) is 75.3 Å². The maximum Gasteiger partial charge on any atom is 0.325 e. The number of hydrogen-bond acceptors (Lipinski definition) is 3. The number of hydrogen-bond donors (Lipinski definition) is 3. The van der Waals surface area contributed by atoms with Crippen molar-refractivity contribution < 1.29 is 9.90 Å². The molecule has 3 aromatic carbocycles. The highest BCUT2D eigenvalue weighted by molar-refractivity contribution is 6.30. The average molecular weight is 415 g/mol. The summed E-state index contributed by atoms with van der Waals surface area (Å²) in [6.45, 7) is 1.60. The summed E-state index contributed by atoms with van der Waals surface area (Å²) in [5.41, 5.74) is 10.3. The molecule has 0 radical (unpaired) electrons. The minimum atomic E-state index is -0.933. The van der Waals surface area contributed by atoms with E-state index in [9.17, 15) is 9.90 Å². The number of nitrogens with one attached hydrogen (secondary N) is 1. The Morgan fingerprint density at radius 3 is 1.89 bits per heavy atom. The van der Waals surface area contributed by atoms with Gasteiger partial charge in [-0.2, -0.15) is 0 Å². The van der Waals surface area contributed by atoms with Gasteiger partial charge < -0.3 is 16.2 Å². The third-order valence-electron chi connectivity index (χ3n) is 4.54. The van der Waals surface area contributed by atoms with Gasteiger partial charge in [-0.3, -0.25) is 4.79 Å². The molecule has 0 bridgehead atoms. The van der Waals surface area contributed by atoms with Crippen LogP contribution in [0.4, 0.5) is 11.4 Å². The Morgan fingerprint density at radius 2 is 1.43 bits per heavy atom. The predicted molar refractivity (Wildman–Crippen MR) is 115 cm³/mol. The van der Waals surface area contributed by atoms with Crippen LogP contribution in [0.15, 0.2) is 66.7 Å². The van der Waals surface area contributed by atoms with Gasteiger partial charge in [0.05, 0.1) is 0 Å². The monoisotopic (exact) mass is 414 g/mol. The van der Waals surface area contributed by atoms with Crippen LogP contribution in [0.5, 0.6) is 0 Å². The fourth-order valence-corrected chi connectivity index (χ4v) is 3.36. The smallest absolute Gasteiger partial charge is 0.325 e. The Labute approximate surface area is 173 Å². The van der Waals surface area contributed by atoms with E-state index in [-0.39, 0.29) is 5.92 Å². The fourth-order valence-electron chi connectivity index (χ4n) is 3.11. The minimum absolute atomic E-state index is 0.179. The number of carboxylic acid groups (broad SMARTS) is 1. The van der Waals surface area contributed by atoms with E-state index in [4.69, 9.17) is 28.9 Å². The molecule has 1 unspecified atom stereocenters. The van der Waals surface area contributed by atoms with Crippen molar-refractivity contribution in [3.05, 3.63) is 93.5 Å². The molecule has 0 saturated heterocycles. The van der Waals surface area contributed by atoms with E-state index in [1.165, 1.54) is 0 Å². The molecular weight excluding hydrogens is 395 g/mol. The Bertz CT molecular complexity index is 927. The van der Waals surface area contributed by atoms with Gasteiger partial charge in [-0.1, -0.05) is 47.5 Å². The first-order valence-electron chi connectivity index (χ1n) is 8.75. The Morgan fingerprint density at radius 1 is 0.929 bits per heavy atom. The summed E-state index contributed by atoms with van der Waals surface area (Å²) in [6.07, 6.45) is 0. The van der Waals surface area contributed by atoms with E-state index in [2.05, 4.69) is 5.32 Å². The normalized spacial score (nSPS) is 12.0. The van der Waals surface area contributed by atoms with Gasteiger partial charge in [-0.25, -0.2) is 0 Å². The van der Waals surface area contributed by atoms with Crippen LogP contribution in [-0.4, -0.2) is 17.1 Å². The summed E-state index contributed by atoms with van der Waals surface area (Å²) in [5.74, 6) is -1.11. The quantitative estimate of drug-likeness (QED) is 0.360. The Hall–Kier alpha value is -2.69. The van der Waals surface area contributed by atoms with E-state index >= 15 is 0 Å². The van der Waals surface area contributed by atoms with Crippen LogP contribution in [0, 0.1) is 0 Å². The van der Waals surface area contributed by atoms with Crippen LogP contribution in [0.2, 0.25) is 10.0 Å². The van der Waals surface area contributed by atoms with Crippen LogP contribution >= 0.6 is 23.2 Å². The van der Waals surface area contributed by atoms with Crippen molar-refractivity contribution in [2.75, 3.05) is 11.1 Å². The van der Waals surface area contributed by atoms with Crippen molar-refractivity contribution in [3.8, 4) is 0 Å². The summed E-state index contributed by atoms with van der Waals surface area (Å²) in [5, 5.41) is 13.7. The lowest BCUT2D eigenvalue weighted by molar-refractivity contribution is -0.137. The van der Waals surface area contributed by atoms with Crippen LogP contribution < -0.4 is 11.1 Å². The van der Waals surface area contributed by atoms with Gasteiger partial charge in [0.25, 0.3) is 0 Å². The second kappa shape index (κ2) is 8.55. The van der Waals surface area contributed by atoms with Gasteiger partial charge in [0.2, 0.25) is 0 Å². The lowest BCUT2D eigenvalue weighted by Gasteiger charge is -2.24. The van der Waals surface area contributed by atoms with Gasteiger partial charge in [0.15, 0.2) is 0 Å². The summed E-state index contributed by atoms with van der Waals surface area (Å²) in [7, 11) is 0. The molecule has 1 atom stereocenters. The molecule has 0 fully saturated rings. The molecule has 4 N–H and O–H groups in total. The first-order valence-corrected chi connectivity index (χ1v) is 9.50. The molecule has 6 heteroatoms. The maximum absolute atomic E-state index is 11.4. The van der Waals surface area contributed by atoms with Crippen LogP contribution in [0.25, 0.3) is 0 Å². The largest absolute Gasteiger partial charge is 0.480 e. The van der Waals surface area contributed by atoms with Gasteiger partial charge in [-0.05, 0) is 66.1 Å². The number of benzene rings is 3. The molecule has 0 saturated carbocycles. The lowest BCUT2D eigenvalue weighted by Crippen LogP contribution is -2.26. The Kier molecular flexibility index (Phi) is 6.12. The number of rotatable bonds is 6. The summed E-state index contributed by atoms with van der Waals surface area (Å²) in [4.78, 5) is 11.4. The summed E-state index contributed by atoms with van der Waals surface area (Å²) >= 11 is 12.1. The molecule has 0 heterocycles. The maximum atomic E-state index is 11.4. The van der Waals surface area contributed by atoms with Gasteiger partial charge in [0.1, 0.15) is 6.04 Å². The van der Waals surface area contributed by atoms with Crippen molar-refractivity contribution in [3.63, 3.8) is 0 Å². The molecule has 144 valence electrons. The van der Waals surface area contributed by atoms with Crippen molar-refractivity contribution >= 4 is 40.5 Å². The van der Waals surface area contributed by atoms with E-state index in [0.29, 0.717) is 21.4 Å². The van der Waals surface area contributed by atoms with Crippen molar-refractivity contribution in [2.24, 2.45) is 0 Å². The highest BCUT2D eigenvalue weighted by atomic mass is 35.5. The van der Waals surface area contributed by atoms with Crippen LogP contribution in [0.3, 0.4) is 0 Å². The third kappa shape index (κ3) is 4.58. The number of anilines is 2. The van der Waals surface area contributed by atoms with E-state index in [1.54, 1.807) is 13.0 Å². The standard InChI is InChI=1S/C22H20Cl2N2O2/c1-13(22(27)28)26-20-11-10-18(25)12-19(20)21(14-2-6-16(23)7-3-14)15-4-8-17(24)9-5-15/h2-13,21,26H,25H2,1H3,(H,27,28). The first-order chi connectivity index (χ1) is 13.3. The molecule has 3 aromatic rings. The van der Waals surface area contributed by atoms with Crippen LogP contribution in [-0.2, 0) is 4.79 Å². The zero-order chi connectivity index (χ0) is 20.3. The highest BCUT2D eigenvalue weighted by Gasteiger charge is 2.22. The zero-order valence-electron chi connectivity index (χ0n) is 15.2. The SMILES string of the molecule is CC(Nc1ccc(N)cc1C(c1ccc(Cl)cc1)c1ccc(Cl)cc1)C(=O)O. The molecule has 3 rings (SSSR count). The van der Waals surface area contributed by atoms with Crippen molar-refractivity contribution in [2.45, 2.75) is 18.9 Å². The number of aliphatic carboxylic acids is 1. The predicted octanol–water partition coefficient (Wildman–Crippen LogP) is 5.64. The number of nitrogen functional groups attached to an aromatic ring is 1. The lowest BCUT2D eigenvalue weighted by atomic mass is 9.84. The minimum Gasteiger partial charge on any atom is -0.480 e. The Balaban J connectivity index is 2.17. The third-order valence-corrected chi connectivity index (χ3v) is 5.04. The molecule has 0 amide bonds.